The molecule has 0 spiro atoms. The van der Waals surface area contributed by atoms with Crippen molar-refractivity contribution in [2.24, 2.45) is 5.41 Å². The fraction of sp³-hybridized carbons (Fsp3) is 0.429. The van der Waals surface area contributed by atoms with Gasteiger partial charge in [-0.1, -0.05) is 11.8 Å². The van der Waals surface area contributed by atoms with Crippen LogP contribution in [0, 0.1) is 17.3 Å². The molecule has 0 amide bonds. The summed E-state index contributed by atoms with van der Waals surface area (Å²) in [6.45, 7) is 2.99. The molecular weight excluding hydrogens is 292 g/mol. The Morgan fingerprint density at radius 1 is 1.48 bits per heavy atom. The van der Waals surface area contributed by atoms with Gasteiger partial charge in [0, 0.05) is 18.0 Å². The van der Waals surface area contributed by atoms with Gasteiger partial charge >= 0.3 is 5.97 Å². The molecule has 1 aromatic heterocycles. The molecule has 0 aliphatic carbocycles. The van der Waals surface area contributed by atoms with Crippen molar-refractivity contribution in [3.63, 3.8) is 0 Å². The minimum Gasteiger partial charge on any atom is -0.469 e. The van der Waals surface area contributed by atoms with Gasteiger partial charge in [-0.25, -0.2) is 13.1 Å². The van der Waals surface area contributed by atoms with E-state index in [1.807, 2.05) is 0 Å². The maximum Gasteiger partial charge on any atom is 0.312 e. The number of nitrogens with one attached hydrogen (secondary N) is 1. The number of carbonyl (C=O) groups excluding carboxylic acids is 1. The molecule has 1 aromatic rings. The molecule has 0 saturated carbocycles. The van der Waals surface area contributed by atoms with E-state index in [1.54, 1.807) is 24.5 Å². The van der Waals surface area contributed by atoms with Gasteiger partial charge in [0.25, 0.3) is 0 Å². The van der Waals surface area contributed by atoms with Crippen LogP contribution in [0.3, 0.4) is 0 Å². The molecule has 0 radical (unpaired) electrons. The summed E-state index contributed by atoms with van der Waals surface area (Å²) in [6.07, 6.45) is 3.21. The lowest BCUT2D eigenvalue weighted by molar-refractivity contribution is -0.149. The molecule has 1 rings (SSSR count). The van der Waals surface area contributed by atoms with Crippen molar-refractivity contribution in [1.82, 2.24) is 9.71 Å². The Kier molecular flexibility index (Phi) is 5.88. The molecule has 0 atom stereocenters. The monoisotopic (exact) mass is 310 g/mol. The summed E-state index contributed by atoms with van der Waals surface area (Å²) < 4.78 is 30.7. The van der Waals surface area contributed by atoms with Crippen LogP contribution in [-0.4, -0.2) is 38.8 Å². The van der Waals surface area contributed by atoms with E-state index in [2.05, 4.69) is 26.3 Å². The zero-order valence-corrected chi connectivity index (χ0v) is 13.0. The van der Waals surface area contributed by atoms with Gasteiger partial charge in [-0.2, -0.15) is 0 Å². The van der Waals surface area contributed by atoms with Crippen LogP contribution >= 0.6 is 0 Å². The number of esters is 1. The Balaban J connectivity index is 2.59. The van der Waals surface area contributed by atoms with Crippen LogP contribution < -0.4 is 4.72 Å². The average Bonchev–Trinajstić information content (AvgIpc) is 2.42. The molecule has 0 aromatic carbocycles. The second-order valence-corrected chi connectivity index (χ2v) is 6.81. The van der Waals surface area contributed by atoms with Gasteiger partial charge in [-0.3, -0.25) is 9.78 Å². The molecule has 1 N–H and O–H groups in total. The standard InChI is InChI=1S/C14H18N2O4S/c1-14(2,13(17)20-3)11-21(18,19)16-9-5-7-12-6-4-8-15-10-12/h4,6,8,10,16H,9,11H2,1-3H3. The van der Waals surface area contributed by atoms with Crippen molar-refractivity contribution in [1.29, 1.82) is 0 Å². The molecule has 7 heteroatoms. The van der Waals surface area contributed by atoms with Gasteiger partial charge in [-0.05, 0) is 26.0 Å². The number of methoxy groups -OCH3 is 1. The molecule has 0 bridgehead atoms. The van der Waals surface area contributed by atoms with Crippen LogP contribution in [0.5, 0.6) is 0 Å². The quantitative estimate of drug-likeness (QED) is 0.634. The highest BCUT2D eigenvalue weighted by atomic mass is 32.2. The first-order chi connectivity index (χ1) is 9.77. The lowest BCUT2D eigenvalue weighted by atomic mass is 9.97. The maximum atomic E-state index is 11.9. The molecular formula is C14H18N2O4S. The lowest BCUT2D eigenvalue weighted by Gasteiger charge is -2.20. The Morgan fingerprint density at radius 3 is 2.76 bits per heavy atom. The second-order valence-electron chi connectivity index (χ2n) is 5.00. The van der Waals surface area contributed by atoms with E-state index < -0.39 is 21.4 Å². The second kappa shape index (κ2) is 7.20. The Labute approximate surface area is 125 Å². The van der Waals surface area contributed by atoms with Crippen molar-refractivity contribution < 1.29 is 17.9 Å². The van der Waals surface area contributed by atoms with Crippen molar-refractivity contribution in [2.45, 2.75) is 13.8 Å². The van der Waals surface area contributed by atoms with Crippen LogP contribution in [0.15, 0.2) is 24.5 Å². The SMILES string of the molecule is COC(=O)C(C)(C)CS(=O)(=O)NCC#Cc1cccnc1. The third-order valence-electron chi connectivity index (χ3n) is 2.56. The Bertz CT molecular complexity index is 643. The molecule has 0 saturated heterocycles. The number of nitrogens with zero attached hydrogens (tertiary/aromatic N) is 1. The number of hydrogen-bond acceptors (Lipinski definition) is 5. The third kappa shape index (κ3) is 5.94. The topological polar surface area (TPSA) is 85.4 Å². The maximum absolute atomic E-state index is 11.9. The van der Waals surface area contributed by atoms with Crippen LogP contribution in [0.2, 0.25) is 0 Å². The number of pyridine rings is 1. The van der Waals surface area contributed by atoms with Gasteiger partial charge in [0.1, 0.15) is 0 Å². The predicted octanol–water partition coefficient (Wildman–Crippen LogP) is 0.552. The highest BCUT2D eigenvalue weighted by molar-refractivity contribution is 7.89. The van der Waals surface area contributed by atoms with E-state index in [9.17, 15) is 13.2 Å². The van der Waals surface area contributed by atoms with Gasteiger partial charge in [0.15, 0.2) is 0 Å². The smallest absolute Gasteiger partial charge is 0.312 e. The molecule has 21 heavy (non-hydrogen) atoms. The number of ether oxygens (including phenoxy) is 1. The summed E-state index contributed by atoms with van der Waals surface area (Å²) >= 11 is 0. The summed E-state index contributed by atoms with van der Waals surface area (Å²) in [4.78, 5) is 15.4. The van der Waals surface area contributed by atoms with Gasteiger partial charge in [0.05, 0.1) is 24.8 Å². The van der Waals surface area contributed by atoms with Crippen LogP contribution in [-0.2, 0) is 19.6 Å². The number of hydrogen-bond donors (Lipinski definition) is 1. The van der Waals surface area contributed by atoms with Gasteiger partial charge in [0.2, 0.25) is 10.0 Å². The summed E-state index contributed by atoms with van der Waals surface area (Å²) in [7, 11) is -2.39. The number of rotatable bonds is 5. The zero-order valence-electron chi connectivity index (χ0n) is 12.2. The van der Waals surface area contributed by atoms with Crippen molar-refractivity contribution in [3.8, 4) is 11.8 Å². The summed E-state index contributed by atoms with van der Waals surface area (Å²) in [5.41, 5.74) is -0.413. The highest BCUT2D eigenvalue weighted by Gasteiger charge is 2.34. The average molecular weight is 310 g/mol. The lowest BCUT2D eigenvalue weighted by Crippen LogP contribution is -2.39. The molecule has 6 nitrogen and oxygen atoms in total. The van der Waals surface area contributed by atoms with E-state index in [1.165, 1.54) is 21.0 Å². The molecule has 0 aliphatic rings. The summed E-state index contributed by atoms with van der Waals surface area (Å²) in [5.74, 6) is 4.54. The summed E-state index contributed by atoms with van der Waals surface area (Å²) in [6, 6.07) is 3.52. The van der Waals surface area contributed by atoms with E-state index >= 15 is 0 Å². The number of carbonyl (C=O) groups is 1. The van der Waals surface area contributed by atoms with Crippen molar-refractivity contribution in [3.05, 3.63) is 30.1 Å². The third-order valence-corrected chi connectivity index (χ3v) is 4.25. The fourth-order valence-corrected chi connectivity index (χ4v) is 3.05. The zero-order chi connectivity index (χ0) is 15.9. The van der Waals surface area contributed by atoms with Crippen LogP contribution in [0.4, 0.5) is 0 Å². The first kappa shape index (κ1) is 17.1. The van der Waals surface area contributed by atoms with Crippen LogP contribution in [0.1, 0.15) is 19.4 Å². The van der Waals surface area contributed by atoms with Gasteiger partial charge in [-0.15, -0.1) is 0 Å². The van der Waals surface area contributed by atoms with E-state index in [4.69, 9.17) is 0 Å². The number of sulfonamides is 1. The Morgan fingerprint density at radius 2 is 2.19 bits per heavy atom. The molecule has 0 fully saturated rings. The summed E-state index contributed by atoms with van der Waals surface area (Å²) in [5, 5.41) is 0. The molecule has 0 aliphatic heterocycles. The normalized spacial score (nSPS) is 11.4. The largest absolute Gasteiger partial charge is 0.469 e. The van der Waals surface area contributed by atoms with E-state index in [0.717, 1.165) is 0 Å². The highest BCUT2D eigenvalue weighted by Crippen LogP contribution is 2.19. The first-order valence-corrected chi connectivity index (χ1v) is 7.87. The van der Waals surface area contributed by atoms with E-state index in [-0.39, 0.29) is 12.3 Å². The molecule has 114 valence electrons. The Hall–Kier alpha value is -1.91. The number of aromatic nitrogens is 1. The minimum atomic E-state index is -3.62. The molecule has 0 unspecified atom stereocenters. The first-order valence-electron chi connectivity index (χ1n) is 6.21. The van der Waals surface area contributed by atoms with Gasteiger partial charge < -0.3 is 4.74 Å². The van der Waals surface area contributed by atoms with E-state index in [0.29, 0.717) is 5.56 Å². The van der Waals surface area contributed by atoms with Crippen molar-refractivity contribution >= 4 is 16.0 Å². The fourth-order valence-electron chi connectivity index (χ4n) is 1.59. The van der Waals surface area contributed by atoms with Crippen LogP contribution in [0.25, 0.3) is 0 Å². The molecule has 1 heterocycles. The predicted molar refractivity (Wildman–Crippen MR) is 78.7 cm³/mol. The van der Waals surface area contributed by atoms with Crippen molar-refractivity contribution in [2.75, 3.05) is 19.4 Å². The minimum absolute atomic E-state index is 0.0333.